The molecule has 0 aliphatic carbocycles. The van der Waals surface area contributed by atoms with Crippen LogP contribution in [0.4, 0.5) is 22.9 Å². The number of morpholine rings is 1. The van der Waals surface area contributed by atoms with Crippen molar-refractivity contribution in [2.45, 2.75) is 0 Å². The molecule has 7 heteroatoms. The number of hydrogen-bond donors (Lipinski definition) is 2. The van der Waals surface area contributed by atoms with Gasteiger partial charge in [-0.2, -0.15) is 5.26 Å². The zero-order valence-electron chi connectivity index (χ0n) is 16.3. The summed E-state index contributed by atoms with van der Waals surface area (Å²) in [5, 5.41) is 15.3. The van der Waals surface area contributed by atoms with Gasteiger partial charge < -0.3 is 20.3 Å². The van der Waals surface area contributed by atoms with Gasteiger partial charge in [-0.05, 0) is 36.4 Å². The van der Waals surface area contributed by atoms with E-state index < -0.39 is 0 Å². The monoisotopic (exact) mass is 399 g/mol. The summed E-state index contributed by atoms with van der Waals surface area (Å²) in [6.07, 6.45) is 1.52. The van der Waals surface area contributed by atoms with Crippen molar-refractivity contribution in [1.29, 1.82) is 5.26 Å². The van der Waals surface area contributed by atoms with Gasteiger partial charge in [0.25, 0.3) is 5.91 Å². The minimum Gasteiger partial charge on any atom is -0.378 e. The molecule has 1 aliphatic heterocycles. The highest BCUT2D eigenvalue weighted by molar-refractivity contribution is 6.04. The van der Waals surface area contributed by atoms with Gasteiger partial charge in [0, 0.05) is 19.3 Å². The molecule has 2 heterocycles. The first kappa shape index (κ1) is 19.4. The highest BCUT2D eigenvalue weighted by atomic mass is 16.5. The molecule has 4 rings (SSSR count). The Morgan fingerprint density at radius 1 is 1.00 bits per heavy atom. The Kier molecular flexibility index (Phi) is 5.88. The molecule has 0 atom stereocenters. The molecule has 7 nitrogen and oxygen atoms in total. The lowest BCUT2D eigenvalue weighted by atomic mass is 10.2. The van der Waals surface area contributed by atoms with Crippen LogP contribution in [0.5, 0.6) is 0 Å². The second-order valence-corrected chi connectivity index (χ2v) is 6.79. The summed E-state index contributed by atoms with van der Waals surface area (Å²) in [6, 6.07) is 20.5. The molecule has 1 fully saturated rings. The highest BCUT2D eigenvalue weighted by Gasteiger charge is 2.15. The molecule has 150 valence electrons. The van der Waals surface area contributed by atoms with Gasteiger partial charge in [0.15, 0.2) is 0 Å². The zero-order valence-corrected chi connectivity index (χ0v) is 16.3. The van der Waals surface area contributed by atoms with Gasteiger partial charge in [-0.1, -0.05) is 24.3 Å². The number of para-hydroxylation sites is 3. The van der Waals surface area contributed by atoms with E-state index in [-0.39, 0.29) is 5.91 Å². The fourth-order valence-electron chi connectivity index (χ4n) is 3.28. The number of hydrogen-bond acceptors (Lipinski definition) is 6. The molecule has 30 heavy (non-hydrogen) atoms. The van der Waals surface area contributed by atoms with Gasteiger partial charge in [0.05, 0.1) is 41.4 Å². The van der Waals surface area contributed by atoms with E-state index >= 15 is 0 Å². The Bertz CT molecular complexity index is 1070. The summed E-state index contributed by atoms with van der Waals surface area (Å²) in [5.41, 5.74) is 3.35. The number of aromatic nitrogens is 1. The summed E-state index contributed by atoms with van der Waals surface area (Å²) < 4.78 is 5.44. The minimum absolute atomic E-state index is 0.314. The minimum atomic E-state index is -0.314. The number of nitrogens with one attached hydrogen (secondary N) is 2. The fraction of sp³-hybridized carbons (Fsp3) is 0.174. The number of anilines is 4. The second kappa shape index (κ2) is 9.07. The molecular formula is C23H21N5O2. The molecule has 0 radical (unpaired) electrons. The number of amides is 1. The first-order valence-electron chi connectivity index (χ1n) is 9.70. The number of benzene rings is 2. The van der Waals surface area contributed by atoms with Crippen molar-refractivity contribution in [1.82, 2.24) is 4.98 Å². The summed E-state index contributed by atoms with van der Waals surface area (Å²) in [6.45, 7) is 3.11. The Morgan fingerprint density at radius 2 is 1.73 bits per heavy atom. The van der Waals surface area contributed by atoms with Crippen LogP contribution in [0.15, 0.2) is 66.9 Å². The summed E-state index contributed by atoms with van der Waals surface area (Å²) in [7, 11) is 0. The third-order valence-corrected chi connectivity index (χ3v) is 4.84. The molecule has 2 N–H and O–H groups in total. The number of pyridine rings is 1. The molecule has 1 saturated heterocycles. The number of carbonyl (C=O) groups is 1. The van der Waals surface area contributed by atoms with Crippen LogP contribution in [-0.4, -0.2) is 37.2 Å². The van der Waals surface area contributed by atoms with Crippen LogP contribution in [0.25, 0.3) is 0 Å². The highest BCUT2D eigenvalue weighted by Crippen LogP contribution is 2.28. The van der Waals surface area contributed by atoms with E-state index in [1.165, 1.54) is 6.20 Å². The van der Waals surface area contributed by atoms with Gasteiger partial charge in [-0.3, -0.25) is 4.79 Å². The Morgan fingerprint density at radius 3 is 2.47 bits per heavy atom. The van der Waals surface area contributed by atoms with Crippen molar-refractivity contribution in [2.24, 2.45) is 0 Å². The predicted octanol–water partition coefficient (Wildman–Crippen LogP) is 3.79. The molecule has 1 aromatic heterocycles. The van der Waals surface area contributed by atoms with E-state index in [2.05, 4.69) is 32.7 Å². The van der Waals surface area contributed by atoms with Crippen molar-refractivity contribution in [2.75, 3.05) is 41.8 Å². The van der Waals surface area contributed by atoms with Crippen molar-refractivity contribution >= 4 is 28.8 Å². The van der Waals surface area contributed by atoms with E-state index in [0.29, 0.717) is 35.8 Å². The third-order valence-electron chi connectivity index (χ3n) is 4.84. The average Bonchev–Trinajstić information content (AvgIpc) is 2.81. The smallest absolute Gasteiger partial charge is 0.257 e. The third kappa shape index (κ3) is 4.40. The molecule has 0 saturated carbocycles. The summed E-state index contributed by atoms with van der Waals surface area (Å²) in [5.74, 6) is 0.329. The van der Waals surface area contributed by atoms with Crippen molar-refractivity contribution in [3.8, 4) is 6.07 Å². The van der Waals surface area contributed by atoms with Gasteiger partial charge in [0.1, 0.15) is 11.9 Å². The molecule has 0 spiro atoms. The van der Waals surface area contributed by atoms with Gasteiger partial charge in [-0.15, -0.1) is 0 Å². The van der Waals surface area contributed by atoms with E-state index in [9.17, 15) is 4.79 Å². The van der Waals surface area contributed by atoms with E-state index in [1.807, 2.05) is 18.2 Å². The first-order chi connectivity index (χ1) is 14.7. The van der Waals surface area contributed by atoms with Gasteiger partial charge >= 0.3 is 0 Å². The second-order valence-electron chi connectivity index (χ2n) is 6.79. The summed E-state index contributed by atoms with van der Waals surface area (Å²) >= 11 is 0. The lowest BCUT2D eigenvalue weighted by Gasteiger charge is -2.30. The largest absolute Gasteiger partial charge is 0.378 e. The van der Waals surface area contributed by atoms with Gasteiger partial charge in [-0.25, -0.2) is 4.98 Å². The summed E-state index contributed by atoms with van der Waals surface area (Å²) in [4.78, 5) is 19.2. The maximum Gasteiger partial charge on any atom is 0.257 e. The van der Waals surface area contributed by atoms with E-state index in [0.717, 1.165) is 24.5 Å². The number of ether oxygens (including phenoxy) is 1. The Labute approximate surface area is 174 Å². The number of carbonyl (C=O) groups excluding carboxylic acids is 1. The quantitative estimate of drug-likeness (QED) is 0.678. The van der Waals surface area contributed by atoms with E-state index in [4.69, 9.17) is 10.00 Å². The number of nitriles is 1. The van der Waals surface area contributed by atoms with Crippen LogP contribution in [0.2, 0.25) is 0 Å². The van der Waals surface area contributed by atoms with Crippen molar-refractivity contribution in [3.63, 3.8) is 0 Å². The Hall–Kier alpha value is -3.89. The zero-order chi connectivity index (χ0) is 20.8. The maximum absolute atomic E-state index is 12.5. The fourth-order valence-corrected chi connectivity index (χ4v) is 3.28. The van der Waals surface area contributed by atoms with Crippen LogP contribution in [-0.2, 0) is 4.74 Å². The van der Waals surface area contributed by atoms with Crippen LogP contribution in [0.1, 0.15) is 15.9 Å². The average molecular weight is 399 g/mol. The molecular weight excluding hydrogens is 378 g/mol. The molecule has 0 unspecified atom stereocenters. The normalized spacial score (nSPS) is 13.4. The first-order valence-corrected chi connectivity index (χ1v) is 9.70. The van der Waals surface area contributed by atoms with Gasteiger partial charge in [0.2, 0.25) is 0 Å². The number of rotatable bonds is 5. The lowest BCUT2D eigenvalue weighted by molar-refractivity contribution is 0.102. The molecule has 1 amide bonds. The molecule has 3 aromatic rings. The van der Waals surface area contributed by atoms with E-state index in [1.54, 1.807) is 36.4 Å². The molecule has 1 aliphatic rings. The van der Waals surface area contributed by atoms with Crippen LogP contribution in [0, 0.1) is 11.3 Å². The standard InChI is InChI=1S/C23H21N5O2/c24-15-17-5-1-2-6-19(17)27-23(29)18-9-10-22(25-16-18)26-20-7-3-4-8-21(20)28-11-13-30-14-12-28/h1-10,16H,11-14H2,(H,25,26)(H,27,29). The van der Waals surface area contributed by atoms with Crippen LogP contribution in [0.3, 0.4) is 0 Å². The van der Waals surface area contributed by atoms with Crippen LogP contribution >= 0.6 is 0 Å². The van der Waals surface area contributed by atoms with Crippen molar-refractivity contribution in [3.05, 3.63) is 78.0 Å². The topological polar surface area (TPSA) is 90.3 Å². The molecule has 0 bridgehead atoms. The molecule has 2 aromatic carbocycles. The SMILES string of the molecule is N#Cc1ccccc1NC(=O)c1ccc(Nc2ccccc2N2CCOCC2)nc1. The maximum atomic E-state index is 12.5. The lowest BCUT2D eigenvalue weighted by Crippen LogP contribution is -2.36. The van der Waals surface area contributed by atoms with Crippen molar-refractivity contribution < 1.29 is 9.53 Å². The predicted molar refractivity (Wildman–Crippen MR) is 116 cm³/mol. The Balaban J connectivity index is 1.47. The number of nitrogens with zero attached hydrogens (tertiary/aromatic N) is 3. The van der Waals surface area contributed by atoms with Crippen LogP contribution < -0.4 is 15.5 Å².